The highest BCUT2D eigenvalue weighted by Crippen LogP contribution is 2.60. The summed E-state index contributed by atoms with van der Waals surface area (Å²) in [6.07, 6.45) is 3.08. The van der Waals surface area contributed by atoms with Gasteiger partial charge in [-0.25, -0.2) is 9.78 Å². The zero-order chi connectivity index (χ0) is 18.8. The van der Waals surface area contributed by atoms with Crippen molar-refractivity contribution in [2.24, 2.45) is 23.7 Å². The quantitative estimate of drug-likeness (QED) is 0.788. The second kappa shape index (κ2) is 6.08. The standard InChI is InChI=1S/C21H28O6/c1-12-4-9-17-13(2)18(23-15-7-5-14(22)6-8-15)24-19-21(17)16(12)10-11-20(3,25-19)26-27-21/h5-8,12-13,16-19,22H,4,9-11H2,1-3H3/t12-,13-,16?,17?,18?,19?,20?,21?/m1/s1. The summed E-state index contributed by atoms with van der Waals surface area (Å²) in [5, 5.41) is 9.50. The molecule has 148 valence electrons. The zero-order valence-electron chi connectivity index (χ0n) is 16.1. The lowest BCUT2D eigenvalue weighted by Gasteiger charge is -2.60. The Bertz CT molecular complexity index is 707. The first kappa shape index (κ1) is 17.7. The van der Waals surface area contributed by atoms with Crippen LogP contribution in [0.25, 0.3) is 0 Å². The summed E-state index contributed by atoms with van der Waals surface area (Å²) in [5.74, 6) is 1.36. The maximum Gasteiger partial charge on any atom is 0.205 e. The average molecular weight is 376 g/mol. The van der Waals surface area contributed by atoms with Crippen LogP contribution < -0.4 is 4.74 Å². The lowest BCUT2D eigenvalue weighted by Crippen LogP contribution is -2.70. The van der Waals surface area contributed by atoms with Crippen LogP contribution in [-0.2, 0) is 19.2 Å². The van der Waals surface area contributed by atoms with Crippen molar-refractivity contribution in [1.82, 2.24) is 0 Å². The van der Waals surface area contributed by atoms with Crippen LogP contribution in [-0.4, -0.2) is 29.1 Å². The van der Waals surface area contributed by atoms with Crippen LogP contribution in [0, 0.1) is 23.7 Å². The molecule has 1 aromatic rings. The molecular weight excluding hydrogens is 348 g/mol. The third-order valence-electron chi connectivity index (χ3n) is 7.19. The van der Waals surface area contributed by atoms with Gasteiger partial charge in [0.1, 0.15) is 11.5 Å². The molecule has 2 bridgehead atoms. The van der Waals surface area contributed by atoms with Crippen molar-refractivity contribution in [1.29, 1.82) is 0 Å². The van der Waals surface area contributed by atoms with E-state index in [1.165, 1.54) is 6.42 Å². The Balaban J connectivity index is 1.48. The summed E-state index contributed by atoms with van der Waals surface area (Å²) in [4.78, 5) is 12.0. The number of phenolic OH excluding ortho intramolecular Hbond substituents is 1. The van der Waals surface area contributed by atoms with Crippen LogP contribution in [0.3, 0.4) is 0 Å². The predicted molar refractivity (Wildman–Crippen MR) is 95.6 cm³/mol. The van der Waals surface area contributed by atoms with Gasteiger partial charge in [-0.05, 0) is 62.3 Å². The SMILES string of the molecule is C[C@H]1C(Oc2ccc(O)cc2)OC2OC3(C)CCC4[C@H](C)CCC1C24OO3. The molecule has 0 radical (unpaired) electrons. The first-order chi connectivity index (χ1) is 12.9. The summed E-state index contributed by atoms with van der Waals surface area (Å²) in [5.41, 5.74) is -0.568. The molecule has 0 aromatic heterocycles. The normalized spacial score (nSPS) is 48.6. The van der Waals surface area contributed by atoms with Gasteiger partial charge in [-0.15, -0.1) is 0 Å². The Morgan fingerprint density at radius 2 is 1.81 bits per heavy atom. The lowest BCUT2D eigenvalue weighted by molar-refractivity contribution is -0.575. The Labute approximate surface area is 159 Å². The van der Waals surface area contributed by atoms with Crippen LogP contribution >= 0.6 is 0 Å². The molecule has 0 amide bonds. The second-order valence-electron chi connectivity index (χ2n) is 8.89. The van der Waals surface area contributed by atoms with Crippen LogP contribution in [0.1, 0.15) is 46.5 Å². The van der Waals surface area contributed by atoms with Gasteiger partial charge in [0.25, 0.3) is 0 Å². The first-order valence-corrected chi connectivity index (χ1v) is 10.1. The highest BCUT2D eigenvalue weighted by Gasteiger charge is 2.69. The van der Waals surface area contributed by atoms with Crippen molar-refractivity contribution >= 4 is 0 Å². The molecule has 1 N–H and O–H groups in total. The maximum absolute atomic E-state index is 9.50. The Kier molecular flexibility index (Phi) is 3.99. The Morgan fingerprint density at radius 3 is 2.59 bits per heavy atom. The molecule has 1 saturated carbocycles. The van der Waals surface area contributed by atoms with Gasteiger partial charge in [-0.2, -0.15) is 0 Å². The van der Waals surface area contributed by atoms with Crippen molar-refractivity contribution in [3.63, 3.8) is 0 Å². The van der Waals surface area contributed by atoms with E-state index in [1.807, 2.05) is 6.92 Å². The molecule has 1 aliphatic carbocycles. The van der Waals surface area contributed by atoms with Crippen LogP contribution in [0.4, 0.5) is 0 Å². The van der Waals surface area contributed by atoms with E-state index in [1.54, 1.807) is 24.3 Å². The van der Waals surface area contributed by atoms with E-state index >= 15 is 0 Å². The fraction of sp³-hybridized carbons (Fsp3) is 0.714. The number of benzene rings is 1. The molecule has 27 heavy (non-hydrogen) atoms. The van der Waals surface area contributed by atoms with Crippen molar-refractivity contribution in [3.05, 3.63) is 24.3 Å². The second-order valence-corrected chi connectivity index (χ2v) is 8.89. The number of fused-ring (bicyclic) bond motifs is 2. The molecule has 5 fully saturated rings. The van der Waals surface area contributed by atoms with Crippen LogP contribution in [0.15, 0.2) is 24.3 Å². The molecule has 1 spiro atoms. The van der Waals surface area contributed by atoms with E-state index < -0.39 is 24.0 Å². The maximum atomic E-state index is 9.50. The summed E-state index contributed by atoms with van der Waals surface area (Å²) in [6, 6.07) is 6.74. The summed E-state index contributed by atoms with van der Waals surface area (Å²) >= 11 is 0. The highest BCUT2D eigenvalue weighted by molar-refractivity contribution is 5.30. The minimum absolute atomic E-state index is 0.125. The van der Waals surface area contributed by atoms with Gasteiger partial charge in [-0.1, -0.05) is 13.8 Å². The fourth-order valence-electron chi connectivity index (χ4n) is 5.67. The van der Waals surface area contributed by atoms with E-state index in [0.29, 0.717) is 17.6 Å². The highest BCUT2D eigenvalue weighted by atomic mass is 17.3. The third kappa shape index (κ3) is 2.61. The third-order valence-corrected chi connectivity index (χ3v) is 7.19. The molecule has 4 saturated heterocycles. The van der Waals surface area contributed by atoms with Gasteiger partial charge in [0.15, 0.2) is 11.9 Å². The van der Waals surface area contributed by atoms with Crippen molar-refractivity contribution in [2.45, 2.75) is 70.4 Å². The van der Waals surface area contributed by atoms with E-state index in [0.717, 1.165) is 19.3 Å². The Hall–Kier alpha value is -1.34. The largest absolute Gasteiger partial charge is 0.508 e. The molecule has 5 aliphatic rings. The van der Waals surface area contributed by atoms with E-state index in [-0.39, 0.29) is 17.6 Å². The van der Waals surface area contributed by atoms with Gasteiger partial charge in [0, 0.05) is 18.3 Å². The lowest BCUT2D eigenvalue weighted by atomic mass is 9.58. The summed E-state index contributed by atoms with van der Waals surface area (Å²) in [7, 11) is 0. The van der Waals surface area contributed by atoms with Gasteiger partial charge in [0.05, 0.1) is 0 Å². The predicted octanol–water partition coefficient (Wildman–Crippen LogP) is 3.98. The molecule has 6 heteroatoms. The number of hydrogen-bond acceptors (Lipinski definition) is 6. The topological polar surface area (TPSA) is 66.4 Å². The van der Waals surface area contributed by atoms with Crippen molar-refractivity contribution < 1.29 is 29.1 Å². The molecule has 4 heterocycles. The monoisotopic (exact) mass is 376 g/mol. The summed E-state index contributed by atoms with van der Waals surface area (Å²) in [6.45, 7) is 6.39. The van der Waals surface area contributed by atoms with E-state index in [9.17, 15) is 5.11 Å². The van der Waals surface area contributed by atoms with Crippen molar-refractivity contribution in [2.75, 3.05) is 0 Å². The van der Waals surface area contributed by atoms with Crippen LogP contribution in [0.2, 0.25) is 0 Å². The van der Waals surface area contributed by atoms with E-state index in [4.69, 9.17) is 24.0 Å². The van der Waals surface area contributed by atoms with Crippen LogP contribution in [0.5, 0.6) is 11.5 Å². The van der Waals surface area contributed by atoms with Gasteiger partial charge in [0.2, 0.25) is 12.1 Å². The minimum Gasteiger partial charge on any atom is -0.508 e. The molecule has 8 atom stereocenters. The number of ether oxygens (including phenoxy) is 3. The van der Waals surface area contributed by atoms with Gasteiger partial charge >= 0.3 is 0 Å². The molecule has 6 unspecified atom stereocenters. The molecule has 6 rings (SSSR count). The zero-order valence-corrected chi connectivity index (χ0v) is 16.1. The number of phenols is 1. The number of hydrogen-bond donors (Lipinski definition) is 1. The van der Waals surface area contributed by atoms with Gasteiger partial charge in [-0.3, -0.25) is 0 Å². The number of aromatic hydroxyl groups is 1. The molecule has 1 aromatic carbocycles. The fourth-order valence-corrected chi connectivity index (χ4v) is 5.67. The molecule has 4 aliphatic heterocycles. The minimum atomic E-state index is -0.777. The smallest absolute Gasteiger partial charge is 0.205 e. The van der Waals surface area contributed by atoms with Crippen molar-refractivity contribution in [3.8, 4) is 11.5 Å². The number of rotatable bonds is 2. The van der Waals surface area contributed by atoms with Gasteiger partial charge < -0.3 is 19.3 Å². The molecule has 6 nitrogen and oxygen atoms in total. The first-order valence-electron chi connectivity index (χ1n) is 10.1. The molecular formula is C21H28O6. The summed E-state index contributed by atoms with van der Waals surface area (Å²) < 4.78 is 18.9. The Morgan fingerprint density at radius 1 is 1.04 bits per heavy atom. The van der Waals surface area contributed by atoms with E-state index in [2.05, 4.69) is 13.8 Å². The average Bonchev–Trinajstić information content (AvgIpc) is 2.87.